The zero-order chi connectivity index (χ0) is 15.3. The predicted molar refractivity (Wildman–Crippen MR) is 86.4 cm³/mol. The Morgan fingerprint density at radius 2 is 1.57 bits per heavy atom. The highest BCUT2D eigenvalue weighted by molar-refractivity contribution is 7.88. The summed E-state index contributed by atoms with van der Waals surface area (Å²) < 4.78 is 27.1. The molecule has 2 rings (SSSR count). The molecule has 0 radical (unpaired) electrons. The van der Waals surface area contributed by atoms with Gasteiger partial charge in [-0.2, -0.15) is 0 Å². The lowest BCUT2D eigenvalue weighted by atomic mass is 10.1. The molecule has 0 heterocycles. The molecule has 0 unspecified atom stereocenters. The number of sulfonamides is 1. The highest BCUT2D eigenvalue weighted by Crippen LogP contribution is 2.16. The van der Waals surface area contributed by atoms with Crippen LogP contribution in [0.4, 0.5) is 0 Å². The summed E-state index contributed by atoms with van der Waals surface area (Å²) >= 11 is 0. The molecule has 0 saturated heterocycles. The molecular weight excluding hydrogens is 282 g/mol. The molecular formula is C17H21NO2S. The monoisotopic (exact) mass is 303 g/mol. The van der Waals surface area contributed by atoms with E-state index in [0.717, 1.165) is 17.5 Å². The van der Waals surface area contributed by atoms with Crippen LogP contribution in [-0.2, 0) is 22.2 Å². The van der Waals surface area contributed by atoms with Gasteiger partial charge in [-0.05, 0) is 30.0 Å². The Morgan fingerprint density at radius 3 is 2.14 bits per heavy atom. The highest BCUT2D eigenvalue weighted by Gasteiger charge is 2.16. The summed E-state index contributed by atoms with van der Waals surface area (Å²) in [5, 5.41) is 0. The first-order valence-electron chi connectivity index (χ1n) is 7.13. The third-order valence-electron chi connectivity index (χ3n) is 3.44. The summed E-state index contributed by atoms with van der Waals surface area (Å²) in [4.78, 5) is 0. The quantitative estimate of drug-likeness (QED) is 0.888. The number of aryl methyl sites for hydroxylation is 1. The number of hydrogen-bond donors (Lipinski definition) is 1. The SMILES string of the molecule is CCc1ccc([C@@H](C)NS(=O)(=O)Cc2ccccc2)cc1. The smallest absolute Gasteiger partial charge is 0.212 e. The van der Waals surface area contributed by atoms with Crippen molar-refractivity contribution < 1.29 is 8.42 Å². The van der Waals surface area contributed by atoms with Crippen molar-refractivity contribution in [1.29, 1.82) is 0 Å². The van der Waals surface area contributed by atoms with E-state index in [-0.39, 0.29) is 11.8 Å². The van der Waals surface area contributed by atoms with Crippen LogP contribution in [0.3, 0.4) is 0 Å². The van der Waals surface area contributed by atoms with E-state index in [9.17, 15) is 8.42 Å². The van der Waals surface area contributed by atoms with Crippen LogP contribution in [0.2, 0.25) is 0 Å². The van der Waals surface area contributed by atoms with Crippen LogP contribution in [0.5, 0.6) is 0 Å². The van der Waals surface area contributed by atoms with Crippen LogP contribution >= 0.6 is 0 Å². The van der Waals surface area contributed by atoms with Crippen molar-refractivity contribution in [2.75, 3.05) is 0 Å². The molecule has 0 saturated carbocycles. The summed E-state index contributed by atoms with van der Waals surface area (Å²) in [5.74, 6) is 0.00518. The fourth-order valence-electron chi connectivity index (χ4n) is 2.21. The Balaban J connectivity index is 2.05. The van der Waals surface area contributed by atoms with E-state index in [0.29, 0.717) is 0 Å². The van der Waals surface area contributed by atoms with Crippen LogP contribution in [0.1, 0.15) is 36.6 Å². The maximum absolute atomic E-state index is 12.2. The van der Waals surface area contributed by atoms with E-state index < -0.39 is 10.0 Å². The molecule has 0 amide bonds. The second-order valence-electron chi connectivity index (χ2n) is 5.18. The summed E-state index contributed by atoms with van der Waals surface area (Å²) in [5.41, 5.74) is 3.01. The molecule has 0 fully saturated rings. The summed E-state index contributed by atoms with van der Waals surface area (Å²) in [6, 6.07) is 17.0. The van der Waals surface area contributed by atoms with E-state index in [4.69, 9.17) is 0 Å². The Morgan fingerprint density at radius 1 is 0.952 bits per heavy atom. The molecule has 0 aromatic heterocycles. The van der Waals surface area contributed by atoms with E-state index in [1.54, 1.807) is 0 Å². The van der Waals surface area contributed by atoms with E-state index in [1.807, 2.05) is 61.5 Å². The van der Waals surface area contributed by atoms with E-state index in [1.165, 1.54) is 5.56 Å². The van der Waals surface area contributed by atoms with Gasteiger partial charge in [-0.3, -0.25) is 0 Å². The fraction of sp³-hybridized carbons (Fsp3) is 0.294. The van der Waals surface area contributed by atoms with Gasteiger partial charge in [0, 0.05) is 6.04 Å². The lowest BCUT2D eigenvalue weighted by molar-refractivity contribution is 0.566. The lowest BCUT2D eigenvalue weighted by Gasteiger charge is -2.15. The Hall–Kier alpha value is -1.65. The first-order valence-corrected chi connectivity index (χ1v) is 8.78. The van der Waals surface area contributed by atoms with Crippen molar-refractivity contribution in [3.8, 4) is 0 Å². The Bertz CT molecular complexity index is 664. The van der Waals surface area contributed by atoms with Gasteiger partial charge in [0.1, 0.15) is 0 Å². The minimum Gasteiger partial charge on any atom is -0.212 e. The zero-order valence-corrected chi connectivity index (χ0v) is 13.2. The lowest BCUT2D eigenvalue weighted by Crippen LogP contribution is -2.28. The first kappa shape index (κ1) is 15.7. The second-order valence-corrected chi connectivity index (χ2v) is 6.93. The molecule has 4 heteroatoms. The summed E-state index contributed by atoms with van der Waals surface area (Å²) in [6.45, 7) is 3.96. The average Bonchev–Trinajstić information content (AvgIpc) is 2.47. The van der Waals surface area contributed by atoms with Crippen molar-refractivity contribution in [3.63, 3.8) is 0 Å². The van der Waals surface area contributed by atoms with Crippen molar-refractivity contribution in [2.45, 2.75) is 32.1 Å². The zero-order valence-electron chi connectivity index (χ0n) is 12.4. The van der Waals surface area contributed by atoms with Gasteiger partial charge in [-0.1, -0.05) is 61.5 Å². The van der Waals surface area contributed by atoms with Crippen molar-refractivity contribution >= 4 is 10.0 Å². The topological polar surface area (TPSA) is 46.2 Å². The van der Waals surface area contributed by atoms with Crippen molar-refractivity contribution in [1.82, 2.24) is 4.72 Å². The third-order valence-corrected chi connectivity index (χ3v) is 4.87. The predicted octanol–water partition coefficient (Wildman–Crippen LogP) is 3.43. The fourth-order valence-corrected chi connectivity index (χ4v) is 3.60. The van der Waals surface area contributed by atoms with Crippen molar-refractivity contribution in [3.05, 3.63) is 71.3 Å². The highest BCUT2D eigenvalue weighted by atomic mass is 32.2. The minimum absolute atomic E-state index is 0.00518. The molecule has 3 nitrogen and oxygen atoms in total. The maximum atomic E-state index is 12.2. The van der Waals surface area contributed by atoms with Crippen LogP contribution in [-0.4, -0.2) is 8.42 Å². The van der Waals surface area contributed by atoms with Gasteiger partial charge in [0.2, 0.25) is 10.0 Å². The molecule has 1 N–H and O–H groups in total. The van der Waals surface area contributed by atoms with Gasteiger partial charge < -0.3 is 0 Å². The number of benzene rings is 2. The van der Waals surface area contributed by atoms with Crippen LogP contribution in [0.25, 0.3) is 0 Å². The van der Waals surface area contributed by atoms with Crippen LogP contribution < -0.4 is 4.72 Å². The maximum Gasteiger partial charge on any atom is 0.216 e. The first-order chi connectivity index (χ1) is 10.00. The second kappa shape index (κ2) is 6.87. The van der Waals surface area contributed by atoms with Gasteiger partial charge in [0.15, 0.2) is 0 Å². The molecule has 0 bridgehead atoms. The standard InChI is InChI=1S/C17H21NO2S/c1-3-15-9-11-17(12-10-15)14(2)18-21(19,20)13-16-7-5-4-6-8-16/h4-12,14,18H,3,13H2,1-2H3/t14-/m1/s1. The average molecular weight is 303 g/mol. The van der Waals surface area contributed by atoms with Gasteiger partial charge >= 0.3 is 0 Å². The molecule has 0 aliphatic rings. The Labute approximate surface area is 127 Å². The van der Waals surface area contributed by atoms with Crippen LogP contribution in [0, 0.1) is 0 Å². The van der Waals surface area contributed by atoms with Crippen LogP contribution in [0.15, 0.2) is 54.6 Å². The largest absolute Gasteiger partial charge is 0.216 e. The molecule has 21 heavy (non-hydrogen) atoms. The molecule has 1 atom stereocenters. The Kier molecular flexibility index (Phi) is 5.15. The normalized spacial score (nSPS) is 13.0. The summed E-state index contributed by atoms with van der Waals surface area (Å²) in [6.07, 6.45) is 0.981. The summed E-state index contributed by atoms with van der Waals surface area (Å²) in [7, 11) is -3.35. The van der Waals surface area contributed by atoms with Gasteiger partial charge in [0.05, 0.1) is 5.75 Å². The van der Waals surface area contributed by atoms with Gasteiger partial charge in [-0.25, -0.2) is 13.1 Å². The van der Waals surface area contributed by atoms with Gasteiger partial charge in [-0.15, -0.1) is 0 Å². The van der Waals surface area contributed by atoms with Gasteiger partial charge in [0.25, 0.3) is 0 Å². The minimum atomic E-state index is -3.35. The number of hydrogen-bond acceptors (Lipinski definition) is 2. The molecule has 2 aromatic carbocycles. The number of rotatable bonds is 6. The number of nitrogens with one attached hydrogen (secondary N) is 1. The molecule has 0 spiro atoms. The van der Waals surface area contributed by atoms with Crippen molar-refractivity contribution in [2.24, 2.45) is 0 Å². The van der Waals surface area contributed by atoms with E-state index in [2.05, 4.69) is 11.6 Å². The van der Waals surface area contributed by atoms with E-state index >= 15 is 0 Å². The molecule has 0 aliphatic carbocycles. The molecule has 2 aromatic rings. The molecule has 0 aliphatic heterocycles. The third kappa shape index (κ3) is 4.69. The molecule has 112 valence electrons.